The monoisotopic (exact) mass is 411 g/mol. The molecule has 1 nitrogen and oxygen atoms in total. The van der Waals surface area contributed by atoms with Crippen LogP contribution >= 0.6 is 0 Å². The summed E-state index contributed by atoms with van der Waals surface area (Å²) in [6.07, 6.45) is -5.33. The number of hydrogen-bond donors (Lipinski definition) is 0. The molecule has 0 amide bonds. The van der Waals surface area contributed by atoms with Crippen LogP contribution in [0.5, 0.6) is 0 Å². The van der Waals surface area contributed by atoms with Crippen LogP contribution in [0, 0.1) is 23.3 Å². The second-order valence-corrected chi connectivity index (χ2v) is 6.61. The van der Waals surface area contributed by atoms with Crippen molar-refractivity contribution in [2.75, 3.05) is 4.90 Å². The van der Waals surface area contributed by atoms with Crippen molar-refractivity contribution >= 4 is 11.4 Å². The molecule has 0 N–H and O–H groups in total. The van der Waals surface area contributed by atoms with E-state index in [4.69, 9.17) is 0 Å². The van der Waals surface area contributed by atoms with Crippen molar-refractivity contribution in [3.63, 3.8) is 0 Å². The molecule has 1 unspecified atom stereocenters. The van der Waals surface area contributed by atoms with Crippen LogP contribution in [0.25, 0.3) is 0 Å². The number of nitrogens with zero attached hydrogens (tertiary/aromatic N) is 1. The van der Waals surface area contributed by atoms with Gasteiger partial charge in [-0.25, -0.2) is 17.6 Å². The third-order valence-corrected chi connectivity index (χ3v) is 4.93. The number of hydrogen-bond acceptors (Lipinski definition) is 1. The quantitative estimate of drug-likeness (QED) is 0.335. The van der Waals surface area contributed by atoms with Gasteiger partial charge >= 0.3 is 6.18 Å². The minimum absolute atomic E-state index is 0.253. The number of anilines is 2. The fraction of sp³-hybridized carbons (Fsp3) is 0.143. The maximum absolute atomic E-state index is 14.7. The van der Waals surface area contributed by atoms with Crippen molar-refractivity contribution in [2.24, 2.45) is 0 Å². The van der Waals surface area contributed by atoms with E-state index in [0.717, 1.165) is 4.90 Å². The molecule has 0 radical (unpaired) electrons. The average Bonchev–Trinajstić information content (AvgIpc) is 3.06. The second kappa shape index (κ2) is 6.79. The molecule has 8 heteroatoms. The molecule has 1 aliphatic rings. The number of halogens is 7. The van der Waals surface area contributed by atoms with Gasteiger partial charge in [0, 0.05) is 5.69 Å². The van der Waals surface area contributed by atoms with Gasteiger partial charge in [0.05, 0.1) is 6.04 Å². The van der Waals surface area contributed by atoms with Crippen molar-refractivity contribution < 1.29 is 30.7 Å². The molecule has 0 saturated heterocycles. The van der Waals surface area contributed by atoms with Crippen molar-refractivity contribution in [2.45, 2.75) is 18.6 Å². The lowest BCUT2D eigenvalue weighted by atomic mass is 10.0. The van der Waals surface area contributed by atoms with E-state index in [9.17, 15) is 30.7 Å². The van der Waals surface area contributed by atoms with Crippen molar-refractivity contribution in [1.29, 1.82) is 0 Å². The van der Waals surface area contributed by atoms with Crippen molar-refractivity contribution in [1.82, 2.24) is 0 Å². The van der Waals surface area contributed by atoms with E-state index in [-0.39, 0.29) is 12.1 Å². The van der Waals surface area contributed by atoms with Gasteiger partial charge in [-0.15, -0.1) is 0 Å². The highest BCUT2D eigenvalue weighted by Crippen LogP contribution is 2.49. The van der Waals surface area contributed by atoms with E-state index in [0.29, 0.717) is 11.1 Å². The Morgan fingerprint density at radius 1 is 0.724 bits per heavy atom. The first kappa shape index (κ1) is 19.3. The van der Waals surface area contributed by atoms with E-state index < -0.39 is 46.7 Å². The highest BCUT2D eigenvalue weighted by atomic mass is 19.4. The molecule has 1 atom stereocenters. The van der Waals surface area contributed by atoms with Crippen LogP contribution in [0.4, 0.5) is 42.1 Å². The first-order valence-corrected chi connectivity index (χ1v) is 8.57. The maximum atomic E-state index is 14.7. The van der Waals surface area contributed by atoms with Crippen molar-refractivity contribution in [3.05, 3.63) is 94.6 Å². The molecule has 29 heavy (non-hydrogen) atoms. The van der Waals surface area contributed by atoms with Crippen molar-refractivity contribution in [3.8, 4) is 0 Å². The first-order valence-electron chi connectivity index (χ1n) is 8.57. The van der Waals surface area contributed by atoms with Crippen LogP contribution < -0.4 is 4.90 Å². The van der Waals surface area contributed by atoms with E-state index in [1.165, 1.54) is 6.07 Å². The lowest BCUT2D eigenvalue weighted by Crippen LogP contribution is -2.25. The highest BCUT2D eigenvalue weighted by molar-refractivity contribution is 5.73. The zero-order chi connectivity index (χ0) is 20.9. The van der Waals surface area contributed by atoms with E-state index in [1.807, 2.05) is 0 Å². The van der Waals surface area contributed by atoms with Gasteiger partial charge in [-0.1, -0.05) is 48.5 Å². The van der Waals surface area contributed by atoms with Gasteiger partial charge in [-0.2, -0.15) is 13.2 Å². The standard InChI is InChI=1S/C21H12F7N/c22-16-15(21(26,27)28)17(23)19(25)20(18(16)24)29-13-9-5-4-8-12(13)10-14(29)11-6-2-1-3-7-11/h1-9,14H,10H2. The summed E-state index contributed by atoms with van der Waals surface area (Å²) in [5.41, 5.74) is -2.28. The summed E-state index contributed by atoms with van der Waals surface area (Å²) in [6.45, 7) is 0. The molecule has 1 heterocycles. The maximum Gasteiger partial charge on any atom is 0.422 e. The number of fused-ring (bicyclic) bond motifs is 1. The Kier molecular flexibility index (Phi) is 4.52. The number of para-hydroxylation sites is 1. The van der Waals surface area contributed by atoms with Gasteiger partial charge in [-0.05, 0) is 23.6 Å². The Morgan fingerprint density at radius 3 is 1.86 bits per heavy atom. The summed E-state index contributed by atoms with van der Waals surface area (Å²) in [5, 5.41) is 0. The van der Waals surface area contributed by atoms with Gasteiger partial charge in [0.25, 0.3) is 0 Å². The fourth-order valence-electron chi connectivity index (χ4n) is 3.68. The van der Waals surface area contributed by atoms with Gasteiger partial charge in [0.15, 0.2) is 23.3 Å². The summed E-state index contributed by atoms with van der Waals surface area (Å²) < 4.78 is 96.7. The topological polar surface area (TPSA) is 3.24 Å². The van der Waals surface area contributed by atoms with Gasteiger partial charge in [0.2, 0.25) is 0 Å². The molecular formula is C21H12F7N. The second-order valence-electron chi connectivity index (χ2n) is 6.61. The zero-order valence-electron chi connectivity index (χ0n) is 14.6. The summed E-state index contributed by atoms with van der Waals surface area (Å²) in [7, 11) is 0. The Hall–Kier alpha value is -3.03. The van der Waals surface area contributed by atoms with E-state index >= 15 is 0 Å². The van der Waals surface area contributed by atoms with Gasteiger partial charge < -0.3 is 4.90 Å². The Labute approximate surface area is 161 Å². The normalized spacial score (nSPS) is 16.2. The van der Waals surface area contributed by atoms with Gasteiger partial charge in [-0.3, -0.25) is 0 Å². The molecular weight excluding hydrogens is 399 g/mol. The molecule has 0 spiro atoms. The molecule has 150 valence electrons. The van der Waals surface area contributed by atoms with Crippen LogP contribution in [0.15, 0.2) is 54.6 Å². The summed E-state index contributed by atoms with van der Waals surface area (Å²) in [5.74, 6) is -9.12. The van der Waals surface area contributed by atoms with Gasteiger partial charge in [0.1, 0.15) is 11.3 Å². The minimum Gasteiger partial charge on any atom is -0.328 e. The molecule has 4 rings (SSSR count). The van der Waals surface area contributed by atoms with E-state index in [2.05, 4.69) is 0 Å². The predicted molar refractivity (Wildman–Crippen MR) is 92.7 cm³/mol. The summed E-state index contributed by atoms with van der Waals surface area (Å²) in [4.78, 5) is 1.02. The summed E-state index contributed by atoms with van der Waals surface area (Å²) >= 11 is 0. The summed E-state index contributed by atoms with van der Waals surface area (Å²) in [6, 6.07) is 14.1. The molecule has 3 aromatic carbocycles. The fourth-order valence-corrected chi connectivity index (χ4v) is 3.68. The first-order chi connectivity index (χ1) is 13.7. The minimum atomic E-state index is -5.59. The Bertz CT molecular complexity index is 1050. The molecule has 0 aliphatic carbocycles. The van der Waals surface area contributed by atoms with Crippen LogP contribution in [0.2, 0.25) is 0 Å². The largest absolute Gasteiger partial charge is 0.422 e. The molecule has 0 bridgehead atoms. The highest BCUT2D eigenvalue weighted by Gasteiger charge is 2.45. The van der Waals surface area contributed by atoms with Crippen LogP contribution in [-0.2, 0) is 12.6 Å². The smallest absolute Gasteiger partial charge is 0.328 e. The third-order valence-electron chi connectivity index (χ3n) is 4.93. The molecule has 1 aliphatic heterocycles. The number of alkyl halides is 3. The van der Waals surface area contributed by atoms with Crippen LogP contribution in [0.1, 0.15) is 22.7 Å². The molecule has 0 fully saturated rings. The average molecular weight is 411 g/mol. The molecule has 3 aromatic rings. The predicted octanol–water partition coefficient (Wildman–Crippen LogP) is 6.70. The lowest BCUT2D eigenvalue weighted by molar-refractivity contribution is -0.143. The lowest BCUT2D eigenvalue weighted by Gasteiger charge is -2.29. The number of rotatable bonds is 2. The Morgan fingerprint density at radius 2 is 1.28 bits per heavy atom. The number of benzene rings is 3. The van der Waals surface area contributed by atoms with E-state index in [1.54, 1.807) is 48.5 Å². The SMILES string of the molecule is Fc1c(F)c(C(F)(F)F)c(F)c(F)c1N1c2ccccc2CC1c1ccccc1. The zero-order valence-corrected chi connectivity index (χ0v) is 14.6. The van der Waals surface area contributed by atoms with Crippen LogP contribution in [-0.4, -0.2) is 0 Å². The third kappa shape index (κ3) is 3.03. The molecule has 0 saturated carbocycles. The Balaban J connectivity index is 1.99. The van der Waals surface area contributed by atoms with Crippen LogP contribution in [0.3, 0.4) is 0 Å². The molecule has 0 aromatic heterocycles.